The van der Waals surface area contributed by atoms with Crippen molar-refractivity contribution in [2.24, 2.45) is 17.8 Å². The molecule has 5 nitrogen and oxygen atoms in total. The Hall–Kier alpha value is -1.17. The van der Waals surface area contributed by atoms with Crippen LogP contribution < -0.4 is 11.1 Å². The smallest absolute Gasteiger partial charge is 0.229 e. The minimum atomic E-state index is 0.0980. The molecule has 6 heteroatoms. The molecule has 1 aromatic rings. The van der Waals surface area contributed by atoms with E-state index in [1.807, 2.05) is 0 Å². The summed E-state index contributed by atoms with van der Waals surface area (Å²) in [5.41, 5.74) is 5.43. The maximum absolute atomic E-state index is 11.8. The van der Waals surface area contributed by atoms with Crippen LogP contribution in [0.5, 0.6) is 0 Å². The number of nitrogens with zero attached hydrogens (tertiary/aromatic N) is 2. The molecule has 1 heterocycles. The van der Waals surface area contributed by atoms with Gasteiger partial charge in [-0.25, -0.2) is 0 Å². The second-order valence-corrected chi connectivity index (χ2v) is 5.23. The van der Waals surface area contributed by atoms with Gasteiger partial charge in [-0.15, -0.1) is 10.2 Å². The van der Waals surface area contributed by atoms with Gasteiger partial charge in [0.15, 0.2) is 0 Å². The van der Waals surface area contributed by atoms with Gasteiger partial charge in [0.05, 0.1) is 0 Å². The van der Waals surface area contributed by atoms with E-state index in [9.17, 15) is 4.79 Å². The summed E-state index contributed by atoms with van der Waals surface area (Å²) in [6, 6.07) is 0. The van der Waals surface area contributed by atoms with Crippen LogP contribution in [0.25, 0.3) is 0 Å². The van der Waals surface area contributed by atoms with E-state index in [1.54, 1.807) is 0 Å². The second-order valence-electron chi connectivity index (χ2n) is 4.22. The van der Waals surface area contributed by atoms with E-state index in [-0.39, 0.29) is 11.8 Å². The molecule has 3 N–H and O–H groups in total. The normalized spacial score (nSPS) is 32.4. The van der Waals surface area contributed by atoms with Gasteiger partial charge in [0.2, 0.25) is 16.2 Å². The van der Waals surface area contributed by atoms with Crippen molar-refractivity contribution in [3.63, 3.8) is 0 Å². The van der Waals surface area contributed by atoms with Crippen LogP contribution in [0.2, 0.25) is 0 Å². The second kappa shape index (κ2) is 3.16. The number of nitrogens with two attached hydrogens (primary N) is 1. The highest BCUT2D eigenvalue weighted by Gasteiger charge is 2.56. The Labute approximate surface area is 91.1 Å². The van der Waals surface area contributed by atoms with Crippen molar-refractivity contribution in [3.05, 3.63) is 0 Å². The van der Waals surface area contributed by atoms with Gasteiger partial charge >= 0.3 is 0 Å². The number of hydrogen-bond acceptors (Lipinski definition) is 5. The van der Waals surface area contributed by atoms with Crippen molar-refractivity contribution in [3.8, 4) is 0 Å². The largest absolute Gasteiger partial charge is 0.374 e. The first kappa shape index (κ1) is 9.08. The molecule has 0 radical (unpaired) electrons. The monoisotopic (exact) mass is 224 g/mol. The van der Waals surface area contributed by atoms with Crippen LogP contribution in [0.4, 0.5) is 10.3 Å². The van der Waals surface area contributed by atoms with E-state index >= 15 is 0 Å². The van der Waals surface area contributed by atoms with Gasteiger partial charge in [-0.3, -0.25) is 4.79 Å². The lowest BCUT2D eigenvalue weighted by Gasteiger charge is -2.01. The lowest BCUT2D eigenvalue weighted by molar-refractivity contribution is -0.118. The summed E-state index contributed by atoms with van der Waals surface area (Å²) in [6.07, 6.45) is 3.70. The molecule has 15 heavy (non-hydrogen) atoms. The van der Waals surface area contributed by atoms with E-state index in [2.05, 4.69) is 15.5 Å². The number of aromatic nitrogens is 2. The molecule has 2 fully saturated rings. The van der Waals surface area contributed by atoms with Crippen molar-refractivity contribution in [2.75, 3.05) is 11.1 Å². The predicted molar refractivity (Wildman–Crippen MR) is 57.3 cm³/mol. The third kappa shape index (κ3) is 1.49. The summed E-state index contributed by atoms with van der Waals surface area (Å²) in [5.74, 6) is 1.59. The Balaban J connectivity index is 1.63. The van der Waals surface area contributed by atoms with Crippen molar-refractivity contribution >= 4 is 27.5 Å². The first-order valence-electron chi connectivity index (χ1n) is 5.15. The highest BCUT2D eigenvalue weighted by molar-refractivity contribution is 7.18. The Morgan fingerprint density at radius 3 is 2.73 bits per heavy atom. The van der Waals surface area contributed by atoms with E-state index < -0.39 is 0 Å². The number of hydrogen-bond donors (Lipinski definition) is 2. The fraction of sp³-hybridized carbons (Fsp3) is 0.667. The van der Waals surface area contributed by atoms with E-state index in [0.29, 0.717) is 22.1 Å². The number of nitrogens with one attached hydrogen (secondary N) is 1. The molecule has 0 bridgehead atoms. The van der Waals surface area contributed by atoms with Gasteiger partial charge in [0.1, 0.15) is 0 Å². The number of carbonyl (C=O) groups is 1. The standard InChI is InChI=1S/C9H12N4OS/c10-8-12-13-9(15-8)11-7(14)6-4-2-1-3-5(4)6/h4-6H,1-3H2,(H2,10,12)(H,11,13,14). The van der Waals surface area contributed by atoms with Crippen LogP contribution in [0.15, 0.2) is 0 Å². The predicted octanol–water partition coefficient (Wildman–Crippen LogP) is 1.10. The molecule has 0 aliphatic heterocycles. The third-order valence-electron chi connectivity index (χ3n) is 3.38. The highest BCUT2D eigenvalue weighted by Crippen LogP contribution is 2.57. The summed E-state index contributed by atoms with van der Waals surface area (Å²) in [7, 11) is 0. The van der Waals surface area contributed by atoms with Crippen LogP contribution in [-0.2, 0) is 4.79 Å². The molecule has 3 rings (SSSR count). The zero-order chi connectivity index (χ0) is 10.4. The molecule has 2 aliphatic rings. The molecule has 2 atom stereocenters. The molecule has 1 amide bonds. The maximum atomic E-state index is 11.8. The van der Waals surface area contributed by atoms with E-state index in [4.69, 9.17) is 5.73 Å². The zero-order valence-corrected chi connectivity index (χ0v) is 8.96. The summed E-state index contributed by atoms with van der Waals surface area (Å²) >= 11 is 1.21. The molecule has 2 unspecified atom stereocenters. The van der Waals surface area contributed by atoms with Crippen LogP contribution >= 0.6 is 11.3 Å². The minimum absolute atomic E-state index is 0.0980. The maximum Gasteiger partial charge on any atom is 0.229 e. The third-order valence-corrected chi connectivity index (χ3v) is 4.05. The average molecular weight is 224 g/mol. The first-order chi connectivity index (χ1) is 7.25. The van der Waals surface area contributed by atoms with Crippen LogP contribution in [0.3, 0.4) is 0 Å². The SMILES string of the molecule is Nc1nnc(NC(=O)C2C3CCCC32)s1. The number of anilines is 2. The molecule has 0 aromatic carbocycles. The molecule has 0 saturated heterocycles. The number of amides is 1. The van der Waals surface area contributed by atoms with Gasteiger partial charge in [-0.2, -0.15) is 0 Å². The molecular weight excluding hydrogens is 212 g/mol. The van der Waals surface area contributed by atoms with Gasteiger partial charge in [-0.05, 0) is 24.7 Å². The van der Waals surface area contributed by atoms with Gasteiger partial charge in [-0.1, -0.05) is 17.8 Å². The van der Waals surface area contributed by atoms with E-state index in [1.165, 1.54) is 30.6 Å². The van der Waals surface area contributed by atoms with Crippen molar-refractivity contribution in [2.45, 2.75) is 19.3 Å². The quantitative estimate of drug-likeness (QED) is 0.788. The fourth-order valence-corrected chi connectivity index (χ4v) is 3.20. The lowest BCUT2D eigenvalue weighted by atomic mass is 10.1. The number of fused-ring (bicyclic) bond motifs is 1. The summed E-state index contributed by atoms with van der Waals surface area (Å²) in [4.78, 5) is 11.8. The topological polar surface area (TPSA) is 80.9 Å². The molecule has 80 valence electrons. The van der Waals surface area contributed by atoms with Gasteiger partial charge in [0.25, 0.3) is 0 Å². The Bertz CT molecular complexity index is 395. The van der Waals surface area contributed by atoms with Gasteiger partial charge in [0, 0.05) is 5.92 Å². The van der Waals surface area contributed by atoms with E-state index in [0.717, 1.165) is 0 Å². The number of rotatable bonds is 2. The molecule has 1 aromatic heterocycles. The van der Waals surface area contributed by atoms with Crippen LogP contribution in [-0.4, -0.2) is 16.1 Å². The van der Waals surface area contributed by atoms with Crippen LogP contribution in [0.1, 0.15) is 19.3 Å². The van der Waals surface area contributed by atoms with Crippen molar-refractivity contribution < 1.29 is 4.79 Å². The van der Waals surface area contributed by atoms with Crippen molar-refractivity contribution in [1.29, 1.82) is 0 Å². The van der Waals surface area contributed by atoms with Crippen LogP contribution in [0, 0.1) is 17.8 Å². The molecular formula is C9H12N4OS. The molecule has 2 aliphatic carbocycles. The summed E-state index contributed by atoms with van der Waals surface area (Å²) < 4.78 is 0. The zero-order valence-electron chi connectivity index (χ0n) is 8.14. The Morgan fingerprint density at radius 2 is 2.13 bits per heavy atom. The number of nitrogen functional groups attached to an aromatic ring is 1. The minimum Gasteiger partial charge on any atom is -0.374 e. The number of carbonyl (C=O) groups excluding carboxylic acids is 1. The molecule has 2 saturated carbocycles. The lowest BCUT2D eigenvalue weighted by Crippen LogP contribution is -2.16. The first-order valence-corrected chi connectivity index (χ1v) is 5.97. The highest BCUT2D eigenvalue weighted by atomic mass is 32.1. The Kier molecular flexibility index (Phi) is 1.92. The van der Waals surface area contributed by atoms with Crippen molar-refractivity contribution in [1.82, 2.24) is 10.2 Å². The molecule has 0 spiro atoms. The fourth-order valence-electron chi connectivity index (χ4n) is 2.68. The average Bonchev–Trinajstić information content (AvgIpc) is 2.60. The summed E-state index contributed by atoms with van der Waals surface area (Å²) in [6.45, 7) is 0. The summed E-state index contributed by atoms with van der Waals surface area (Å²) in [5, 5.41) is 11.1. The van der Waals surface area contributed by atoms with Gasteiger partial charge < -0.3 is 11.1 Å². The Morgan fingerprint density at radius 1 is 1.40 bits per heavy atom.